The summed E-state index contributed by atoms with van der Waals surface area (Å²) in [6, 6.07) is 5.02. The molecule has 0 atom stereocenters. The highest BCUT2D eigenvalue weighted by Gasteiger charge is 2.38. The van der Waals surface area contributed by atoms with Gasteiger partial charge in [0.05, 0.1) is 17.2 Å². The second kappa shape index (κ2) is 11.4. The first-order valence-corrected chi connectivity index (χ1v) is 10.9. The maximum absolute atomic E-state index is 13.6. The lowest BCUT2D eigenvalue weighted by molar-refractivity contribution is -0.192. The number of imidazole rings is 1. The van der Waals surface area contributed by atoms with E-state index in [9.17, 15) is 22.4 Å². The van der Waals surface area contributed by atoms with Crippen LogP contribution in [0.5, 0.6) is 0 Å². The van der Waals surface area contributed by atoms with Crippen molar-refractivity contribution in [1.29, 1.82) is 0 Å². The topological polar surface area (TPSA) is 116 Å². The van der Waals surface area contributed by atoms with Crippen LogP contribution in [-0.2, 0) is 17.9 Å². The summed E-state index contributed by atoms with van der Waals surface area (Å²) >= 11 is 0. The molecule has 13 heteroatoms. The second-order valence-electron chi connectivity index (χ2n) is 8.17. The molecule has 35 heavy (non-hydrogen) atoms. The van der Waals surface area contributed by atoms with Crippen molar-refractivity contribution in [3.63, 3.8) is 0 Å². The Labute approximate surface area is 197 Å². The normalized spacial score (nSPS) is 15.1. The van der Waals surface area contributed by atoms with Crippen molar-refractivity contribution in [3.05, 3.63) is 58.3 Å². The molecule has 3 N–H and O–H groups in total. The Morgan fingerprint density at radius 2 is 1.89 bits per heavy atom. The van der Waals surface area contributed by atoms with Gasteiger partial charge in [0.15, 0.2) is 0 Å². The van der Waals surface area contributed by atoms with Gasteiger partial charge in [0.25, 0.3) is 5.56 Å². The Hall–Kier alpha value is -3.32. The molecule has 1 aliphatic heterocycles. The third-order valence-corrected chi connectivity index (χ3v) is 5.61. The van der Waals surface area contributed by atoms with Gasteiger partial charge in [0.2, 0.25) is 0 Å². The van der Waals surface area contributed by atoms with Crippen molar-refractivity contribution in [3.8, 4) is 0 Å². The van der Waals surface area contributed by atoms with Gasteiger partial charge in [-0.2, -0.15) is 13.2 Å². The van der Waals surface area contributed by atoms with E-state index in [0.717, 1.165) is 50.5 Å². The van der Waals surface area contributed by atoms with Gasteiger partial charge in [-0.15, -0.1) is 0 Å². The van der Waals surface area contributed by atoms with Crippen molar-refractivity contribution in [2.75, 3.05) is 19.6 Å². The van der Waals surface area contributed by atoms with E-state index in [1.54, 1.807) is 10.6 Å². The number of aromatic amines is 1. The van der Waals surface area contributed by atoms with Crippen LogP contribution in [0.2, 0.25) is 0 Å². The number of nitrogens with zero attached hydrogens (tertiary/aromatic N) is 4. The smallest absolute Gasteiger partial charge is 0.475 e. The van der Waals surface area contributed by atoms with Crippen LogP contribution < -0.4 is 10.9 Å². The zero-order valence-electron chi connectivity index (χ0n) is 19.0. The van der Waals surface area contributed by atoms with Gasteiger partial charge in [-0.1, -0.05) is 0 Å². The fourth-order valence-electron chi connectivity index (χ4n) is 3.79. The highest BCUT2D eigenvalue weighted by atomic mass is 19.4. The Morgan fingerprint density at radius 1 is 1.20 bits per heavy atom. The number of fused-ring (bicyclic) bond motifs is 1. The number of aromatic nitrogens is 4. The molecular formula is C22H26F4N6O3. The number of carboxylic acids is 1. The fourth-order valence-corrected chi connectivity index (χ4v) is 3.79. The van der Waals surface area contributed by atoms with E-state index in [-0.39, 0.29) is 5.56 Å². The summed E-state index contributed by atoms with van der Waals surface area (Å²) in [6.07, 6.45) is 0.0953. The second-order valence-corrected chi connectivity index (χ2v) is 8.17. The monoisotopic (exact) mass is 498 g/mol. The van der Waals surface area contributed by atoms with Gasteiger partial charge >= 0.3 is 12.1 Å². The first-order chi connectivity index (χ1) is 16.5. The molecule has 1 aliphatic rings. The number of piperidine rings is 1. The molecule has 3 aromatic rings. The molecule has 0 aromatic carbocycles. The van der Waals surface area contributed by atoms with Gasteiger partial charge in [-0.25, -0.2) is 14.2 Å². The van der Waals surface area contributed by atoms with E-state index in [1.165, 1.54) is 18.3 Å². The number of aliphatic carboxylic acids is 1. The van der Waals surface area contributed by atoms with Crippen LogP contribution in [0.25, 0.3) is 11.0 Å². The average Bonchev–Trinajstić information content (AvgIpc) is 3.22. The average molecular weight is 498 g/mol. The Morgan fingerprint density at radius 3 is 2.49 bits per heavy atom. The minimum atomic E-state index is -5.08. The van der Waals surface area contributed by atoms with Crippen LogP contribution in [-0.4, -0.2) is 67.3 Å². The molecule has 1 fully saturated rings. The number of hydrogen-bond donors (Lipinski definition) is 3. The molecule has 0 amide bonds. The van der Waals surface area contributed by atoms with Crippen molar-refractivity contribution in [2.24, 2.45) is 0 Å². The predicted molar refractivity (Wildman–Crippen MR) is 119 cm³/mol. The molecule has 0 radical (unpaired) electrons. The number of nitrogens with one attached hydrogen (secondary N) is 2. The van der Waals surface area contributed by atoms with Crippen LogP contribution in [0.3, 0.4) is 0 Å². The molecule has 3 aromatic heterocycles. The maximum Gasteiger partial charge on any atom is 0.490 e. The number of carboxylic acid groups (broad SMARTS) is 1. The lowest BCUT2D eigenvalue weighted by Crippen LogP contribution is -2.43. The molecular weight excluding hydrogens is 472 g/mol. The summed E-state index contributed by atoms with van der Waals surface area (Å²) in [6.45, 7) is 6.01. The first kappa shape index (κ1) is 26.3. The van der Waals surface area contributed by atoms with Gasteiger partial charge in [0.1, 0.15) is 11.6 Å². The summed E-state index contributed by atoms with van der Waals surface area (Å²) in [5, 5.41) is 10.7. The quantitative estimate of drug-likeness (QED) is 0.447. The summed E-state index contributed by atoms with van der Waals surface area (Å²) in [5.41, 5.74) is 2.18. The van der Waals surface area contributed by atoms with E-state index >= 15 is 0 Å². The van der Waals surface area contributed by atoms with Gasteiger partial charge in [-0.05, 0) is 38.9 Å². The Kier molecular flexibility index (Phi) is 8.57. The van der Waals surface area contributed by atoms with Gasteiger partial charge in [0, 0.05) is 49.7 Å². The van der Waals surface area contributed by atoms with Crippen LogP contribution >= 0.6 is 0 Å². The van der Waals surface area contributed by atoms with Crippen molar-refractivity contribution in [1.82, 2.24) is 29.7 Å². The molecule has 0 aliphatic carbocycles. The Balaban J connectivity index is 0.000000429. The Bertz CT molecular complexity index is 1200. The van der Waals surface area contributed by atoms with Gasteiger partial charge in [-0.3, -0.25) is 9.78 Å². The first-order valence-electron chi connectivity index (χ1n) is 10.9. The molecule has 1 saturated heterocycles. The molecule has 0 bridgehead atoms. The number of hydrogen-bond acceptors (Lipinski definition) is 6. The molecule has 9 nitrogen and oxygen atoms in total. The van der Waals surface area contributed by atoms with E-state index in [0.29, 0.717) is 23.6 Å². The number of alkyl halides is 3. The van der Waals surface area contributed by atoms with Crippen LogP contribution in [0, 0.1) is 12.7 Å². The highest BCUT2D eigenvalue weighted by molar-refractivity contribution is 5.74. The molecule has 190 valence electrons. The van der Waals surface area contributed by atoms with Crippen LogP contribution in [0.1, 0.15) is 24.4 Å². The van der Waals surface area contributed by atoms with E-state index in [2.05, 4.69) is 25.2 Å². The van der Waals surface area contributed by atoms with Crippen molar-refractivity contribution in [2.45, 2.75) is 45.1 Å². The number of carbonyl (C=O) groups is 1. The number of halogens is 4. The van der Waals surface area contributed by atoms with E-state index in [1.807, 2.05) is 13.1 Å². The highest BCUT2D eigenvalue weighted by Crippen LogP contribution is 2.14. The summed E-state index contributed by atoms with van der Waals surface area (Å²) < 4.78 is 46.9. The van der Waals surface area contributed by atoms with Crippen molar-refractivity contribution >= 4 is 17.0 Å². The largest absolute Gasteiger partial charge is 0.490 e. The summed E-state index contributed by atoms with van der Waals surface area (Å²) in [7, 11) is 0. The van der Waals surface area contributed by atoms with Crippen LogP contribution in [0.15, 0.2) is 35.4 Å². The zero-order chi connectivity index (χ0) is 25.6. The predicted octanol–water partition coefficient (Wildman–Crippen LogP) is 2.45. The maximum atomic E-state index is 13.6. The summed E-state index contributed by atoms with van der Waals surface area (Å²) in [4.78, 5) is 35.0. The SMILES string of the molecule is Cc1ncc(CNC2CCN(CCn3c(=O)ccc4ncc(F)cc43)CC2)[nH]1.O=C(O)C(F)(F)F. The molecule has 4 heterocycles. The third kappa shape index (κ3) is 7.59. The lowest BCUT2D eigenvalue weighted by atomic mass is 10.1. The number of rotatable bonds is 6. The number of pyridine rings is 2. The molecule has 0 unspecified atom stereocenters. The number of aryl methyl sites for hydroxylation is 1. The zero-order valence-corrected chi connectivity index (χ0v) is 19.0. The standard InChI is InChI=1S/C20H25FN6O.C2HF3O2/c1-14-22-12-17(25-14)13-23-16-4-6-26(7-5-16)8-9-27-19-10-15(21)11-24-18(19)2-3-20(27)28;3-2(4,5)1(6)7/h2-3,10-12,16,23H,4-9,13H2,1H3,(H,22,25);(H,6,7). The molecule has 4 rings (SSSR count). The molecule has 0 spiro atoms. The third-order valence-electron chi connectivity index (χ3n) is 5.61. The molecule has 0 saturated carbocycles. The number of H-pyrrole nitrogens is 1. The minimum absolute atomic E-state index is 0.119. The van der Waals surface area contributed by atoms with E-state index in [4.69, 9.17) is 9.90 Å². The minimum Gasteiger partial charge on any atom is -0.475 e. The van der Waals surface area contributed by atoms with Crippen LogP contribution in [0.4, 0.5) is 17.6 Å². The van der Waals surface area contributed by atoms with Gasteiger partial charge < -0.3 is 24.9 Å². The number of likely N-dealkylation sites (tertiary alicyclic amines) is 1. The fraction of sp³-hybridized carbons (Fsp3) is 0.455. The summed E-state index contributed by atoms with van der Waals surface area (Å²) in [5.74, 6) is -2.25. The van der Waals surface area contributed by atoms with Crippen molar-refractivity contribution < 1.29 is 27.5 Å². The lowest BCUT2D eigenvalue weighted by Gasteiger charge is -2.32. The van der Waals surface area contributed by atoms with E-state index < -0.39 is 18.0 Å².